The summed E-state index contributed by atoms with van der Waals surface area (Å²) in [5.41, 5.74) is 9.08. The third-order valence-corrected chi connectivity index (χ3v) is 4.57. The number of benzene rings is 3. The Bertz CT molecular complexity index is 1080. The summed E-state index contributed by atoms with van der Waals surface area (Å²) in [4.78, 5) is 11.1. The Morgan fingerprint density at radius 2 is 1.66 bits per heavy atom. The number of carbonyl (C=O) groups is 1. The highest BCUT2D eigenvalue weighted by atomic mass is 19.4. The van der Waals surface area contributed by atoms with Crippen LogP contribution >= 0.6 is 0 Å². The van der Waals surface area contributed by atoms with Crippen LogP contribution in [0.1, 0.15) is 16.7 Å². The summed E-state index contributed by atoms with van der Waals surface area (Å²) in [7, 11) is 0. The van der Waals surface area contributed by atoms with Crippen LogP contribution in [0.2, 0.25) is 0 Å². The van der Waals surface area contributed by atoms with Crippen LogP contribution in [-0.4, -0.2) is 23.9 Å². The number of aliphatic carboxylic acids is 1. The van der Waals surface area contributed by atoms with E-state index in [0.29, 0.717) is 29.0 Å². The highest BCUT2D eigenvalue weighted by Gasteiger charge is 2.28. The first kappa shape index (κ1) is 23.1. The van der Waals surface area contributed by atoms with E-state index in [9.17, 15) is 18.0 Å². The largest absolute Gasteiger partial charge is 0.489 e. The minimum atomic E-state index is -4.47. The summed E-state index contributed by atoms with van der Waals surface area (Å²) in [5, 5.41) is 9.07. The number of halogens is 3. The molecule has 3 aromatic rings. The van der Waals surface area contributed by atoms with Crippen molar-refractivity contribution in [2.24, 2.45) is 5.73 Å². The normalized spacial score (nSPS) is 11.2. The summed E-state index contributed by atoms with van der Waals surface area (Å²) >= 11 is 0. The topological polar surface area (TPSA) is 81.8 Å². The van der Waals surface area contributed by atoms with Gasteiger partial charge >= 0.3 is 12.1 Å². The number of hydrogen-bond acceptors (Lipinski definition) is 4. The lowest BCUT2D eigenvalue weighted by atomic mass is 10.0. The van der Waals surface area contributed by atoms with E-state index in [0.717, 1.165) is 11.1 Å². The first-order valence-corrected chi connectivity index (χ1v) is 9.79. The molecule has 0 saturated heterocycles. The molecule has 0 aliphatic rings. The molecule has 168 valence electrons. The molecule has 0 radical (unpaired) electrons. The summed E-state index contributed by atoms with van der Waals surface area (Å²) in [6, 6.07) is 18.9. The molecular formula is C24H22F3NO4. The zero-order valence-electron chi connectivity index (χ0n) is 17.1. The van der Waals surface area contributed by atoms with Crippen molar-refractivity contribution in [3.8, 4) is 22.6 Å². The second-order valence-corrected chi connectivity index (χ2v) is 7.14. The average molecular weight is 445 g/mol. The molecule has 0 unspecified atom stereocenters. The zero-order chi connectivity index (χ0) is 23.1. The average Bonchev–Trinajstić information content (AvgIpc) is 2.76. The van der Waals surface area contributed by atoms with Crippen molar-refractivity contribution < 1.29 is 32.5 Å². The van der Waals surface area contributed by atoms with Gasteiger partial charge in [-0.25, -0.2) is 0 Å². The zero-order valence-corrected chi connectivity index (χ0v) is 17.1. The highest BCUT2D eigenvalue weighted by Crippen LogP contribution is 2.29. The number of carboxylic acid groups (broad SMARTS) is 1. The summed E-state index contributed by atoms with van der Waals surface area (Å²) in [5.74, 6) is -0.552. The Hall–Kier alpha value is -3.52. The van der Waals surface area contributed by atoms with Crippen LogP contribution < -0.4 is 15.2 Å². The van der Waals surface area contributed by atoms with Crippen LogP contribution in [0.4, 0.5) is 13.2 Å². The molecule has 32 heavy (non-hydrogen) atoms. The molecule has 0 aliphatic heterocycles. The highest BCUT2D eigenvalue weighted by molar-refractivity contribution is 5.71. The van der Waals surface area contributed by atoms with Crippen LogP contribution in [0.15, 0.2) is 66.7 Å². The number of ether oxygens (including phenoxy) is 2. The smallest absolute Gasteiger partial charge is 0.422 e. The Kier molecular flexibility index (Phi) is 7.37. The van der Waals surface area contributed by atoms with Gasteiger partial charge in [-0.1, -0.05) is 36.4 Å². The maximum Gasteiger partial charge on any atom is 0.422 e. The van der Waals surface area contributed by atoms with Gasteiger partial charge in [-0.2, -0.15) is 13.2 Å². The molecule has 3 aromatic carbocycles. The number of alkyl halides is 3. The molecule has 0 aromatic heterocycles. The molecular weight excluding hydrogens is 423 g/mol. The molecule has 5 nitrogen and oxygen atoms in total. The summed E-state index contributed by atoms with van der Waals surface area (Å²) < 4.78 is 48.8. The van der Waals surface area contributed by atoms with Crippen molar-refractivity contribution in [3.63, 3.8) is 0 Å². The molecule has 0 saturated carbocycles. The predicted octanol–water partition coefficient (Wildman–Crippen LogP) is 4.96. The van der Waals surface area contributed by atoms with Crippen molar-refractivity contribution in [2.75, 3.05) is 6.61 Å². The van der Waals surface area contributed by atoms with Gasteiger partial charge in [0.2, 0.25) is 0 Å². The molecule has 0 amide bonds. The lowest BCUT2D eigenvalue weighted by Gasteiger charge is -2.15. The first-order chi connectivity index (χ1) is 15.2. The van der Waals surface area contributed by atoms with E-state index in [1.807, 2.05) is 24.3 Å². The SMILES string of the molecule is NCc1cccc(-c2cc(COc3ccccc3CC(=O)O)cc(OCC(F)(F)F)c2)c1. The Morgan fingerprint density at radius 1 is 0.906 bits per heavy atom. The minimum absolute atomic E-state index is 0.0173. The van der Waals surface area contributed by atoms with E-state index >= 15 is 0 Å². The van der Waals surface area contributed by atoms with E-state index in [1.54, 1.807) is 30.3 Å². The van der Waals surface area contributed by atoms with Crippen LogP contribution in [0, 0.1) is 0 Å². The monoisotopic (exact) mass is 445 g/mol. The lowest BCUT2D eigenvalue weighted by Crippen LogP contribution is -2.19. The predicted molar refractivity (Wildman–Crippen MR) is 113 cm³/mol. The Morgan fingerprint density at radius 3 is 2.38 bits per heavy atom. The van der Waals surface area contributed by atoms with Crippen LogP contribution in [0.5, 0.6) is 11.5 Å². The summed E-state index contributed by atoms with van der Waals surface area (Å²) in [6.45, 7) is -1.07. The third kappa shape index (κ3) is 6.75. The molecule has 0 aliphatic carbocycles. The Balaban J connectivity index is 1.90. The standard InChI is InChI=1S/C24H22F3NO4/c25-24(26,27)15-32-21-10-17(9-20(11-21)18-6-3-4-16(8-18)13-28)14-31-22-7-2-1-5-19(22)12-23(29)30/h1-11H,12-15,28H2,(H,29,30). The molecule has 0 heterocycles. The van der Waals surface area contributed by atoms with Gasteiger partial charge in [-0.05, 0) is 52.6 Å². The van der Waals surface area contributed by atoms with Crippen molar-refractivity contribution in [1.82, 2.24) is 0 Å². The van der Waals surface area contributed by atoms with Crippen LogP contribution in [-0.2, 0) is 24.4 Å². The number of carboxylic acids is 1. The number of hydrogen-bond donors (Lipinski definition) is 2. The van der Waals surface area contributed by atoms with Gasteiger partial charge < -0.3 is 20.3 Å². The number of nitrogens with two attached hydrogens (primary N) is 1. The number of para-hydroxylation sites is 1. The van der Waals surface area contributed by atoms with Gasteiger partial charge in [-0.15, -0.1) is 0 Å². The molecule has 3 N–H and O–H groups in total. The van der Waals surface area contributed by atoms with Gasteiger partial charge in [0.1, 0.15) is 18.1 Å². The first-order valence-electron chi connectivity index (χ1n) is 9.79. The number of rotatable bonds is 9. The quantitative estimate of drug-likeness (QED) is 0.487. The van der Waals surface area contributed by atoms with E-state index in [1.165, 1.54) is 12.1 Å². The molecule has 0 spiro atoms. The lowest BCUT2D eigenvalue weighted by molar-refractivity contribution is -0.153. The van der Waals surface area contributed by atoms with E-state index in [4.69, 9.17) is 20.3 Å². The van der Waals surface area contributed by atoms with Gasteiger partial charge in [0.05, 0.1) is 6.42 Å². The fourth-order valence-corrected chi connectivity index (χ4v) is 3.15. The second-order valence-electron chi connectivity index (χ2n) is 7.14. The van der Waals surface area contributed by atoms with Gasteiger partial charge in [0.25, 0.3) is 0 Å². The Labute approximate surface area is 183 Å². The molecule has 3 rings (SSSR count). The fourth-order valence-electron chi connectivity index (χ4n) is 3.15. The fraction of sp³-hybridized carbons (Fsp3) is 0.208. The summed E-state index contributed by atoms with van der Waals surface area (Å²) in [6.07, 6.45) is -4.68. The maximum absolute atomic E-state index is 12.7. The van der Waals surface area contributed by atoms with Crippen LogP contribution in [0.3, 0.4) is 0 Å². The molecule has 0 atom stereocenters. The molecule has 8 heteroatoms. The van der Waals surface area contributed by atoms with E-state index in [2.05, 4.69) is 0 Å². The molecule has 0 bridgehead atoms. The van der Waals surface area contributed by atoms with Crippen molar-refractivity contribution in [3.05, 3.63) is 83.4 Å². The second kappa shape index (κ2) is 10.2. The van der Waals surface area contributed by atoms with Gasteiger partial charge in [0, 0.05) is 12.1 Å². The van der Waals surface area contributed by atoms with Crippen molar-refractivity contribution in [2.45, 2.75) is 25.7 Å². The van der Waals surface area contributed by atoms with Gasteiger partial charge in [0.15, 0.2) is 6.61 Å². The maximum atomic E-state index is 12.7. The third-order valence-electron chi connectivity index (χ3n) is 4.57. The van der Waals surface area contributed by atoms with Crippen LogP contribution in [0.25, 0.3) is 11.1 Å². The van der Waals surface area contributed by atoms with Crippen molar-refractivity contribution >= 4 is 5.97 Å². The van der Waals surface area contributed by atoms with Gasteiger partial charge in [-0.3, -0.25) is 4.79 Å². The molecule has 0 fully saturated rings. The van der Waals surface area contributed by atoms with E-state index < -0.39 is 18.8 Å². The minimum Gasteiger partial charge on any atom is -0.489 e. The van der Waals surface area contributed by atoms with Crippen molar-refractivity contribution in [1.29, 1.82) is 0 Å². The van der Waals surface area contributed by atoms with E-state index in [-0.39, 0.29) is 18.8 Å².